The molecule has 0 N–H and O–H groups in total. The molecule has 0 aromatic carbocycles. The summed E-state index contributed by atoms with van der Waals surface area (Å²) in [6.45, 7) is 7.56. The molecule has 0 aliphatic heterocycles. The molecule has 0 unspecified atom stereocenters. The Bertz CT molecular complexity index is 818. The second-order valence-corrected chi connectivity index (χ2v) is 6.98. The van der Waals surface area contributed by atoms with Gasteiger partial charge in [-0.1, -0.05) is 23.4 Å². The quantitative estimate of drug-likeness (QED) is 0.327. The Balaban J connectivity index is 2.13. The third kappa shape index (κ3) is 4.22. The van der Waals surface area contributed by atoms with Crippen LogP contribution in [0.3, 0.4) is 0 Å². The number of hydrogen-bond donors (Lipinski definition) is 0. The van der Waals surface area contributed by atoms with Crippen molar-refractivity contribution in [3.8, 4) is 0 Å². The van der Waals surface area contributed by atoms with Crippen molar-refractivity contribution in [2.45, 2.75) is 38.9 Å². The van der Waals surface area contributed by atoms with Gasteiger partial charge in [0.15, 0.2) is 17.5 Å². The van der Waals surface area contributed by atoms with E-state index in [9.17, 15) is 9.59 Å². The first kappa shape index (κ1) is 19.5. The maximum atomic E-state index is 12.4. The molecule has 0 bridgehead atoms. The Morgan fingerprint density at radius 1 is 1.36 bits per heavy atom. The van der Waals surface area contributed by atoms with E-state index >= 15 is 0 Å². The number of ketones is 1. The number of aromatic nitrogens is 3. The van der Waals surface area contributed by atoms with Gasteiger partial charge in [0.1, 0.15) is 0 Å². The summed E-state index contributed by atoms with van der Waals surface area (Å²) in [7, 11) is 0. The summed E-state index contributed by atoms with van der Waals surface area (Å²) in [5.41, 5.74) is 2.36. The molecular formula is C17H20ClN3O3S. The molecular weight excluding hydrogens is 362 g/mol. The summed E-state index contributed by atoms with van der Waals surface area (Å²) in [5, 5.41) is 0.497. The fourth-order valence-electron chi connectivity index (χ4n) is 2.72. The summed E-state index contributed by atoms with van der Waals surface area (Å²) < 4.78 is 7.18. The molecule has 6 nitrogen and oxygen atoms in total. The second kappa shape index (κ2) is 8.01. The summed E-state index contributed by atoms with van der Waals surface area (Å²) in [6, 6.07) is 2.06. The van der Waals surface area contributed by atoms with Crippen LogP contribution in [-0.4, -0.2) is 39.2 Å². The highest BCUT2D eigenvalue weighted by molar-refractivity contribution is 7.98. The summed E-state index contributed by atoms with van der Waals surface area (Å²) >= 11 is 7.22. The zero-order valence-corrected chi connectivity index (χ0v) is 16.4. The number of esters is 1. The van der Waals surface area contributed by atoms with Crippen LogP contribution < -0.4 is 0 Å². The SMILES string of the molecule is CSc1ncc(Cl)c(C(=O)OCC(=O)c2cc(C)n(C(C)C)c2C)n1. The predicted octanol–water partition coefficient (Wildman–Crippen LogP) is 3.89. The van der Waals surface area contributed by atoms with Crippen molar-refractivity contribution in [2.24, 2.45) is 0 Å². The van der Waals surface area contributed by atoms with Crippen molar-refractivity contribution in [3.63, 3.8) is 0 Å². The van der Waals surface area contributed by atoms with Crippen LogP contribution in [0.15, 0.2) is 17.4 Å². The van der Waals surface area contributed by atoms with Crippen LogP contribution in [0, 0.1) is 13.8 Å². The largest absolute Gasteiger partial charge is 0.453 e. The van der Waals surface area contributed by atoms with Crippen molar-refractivity contribution in [1.29, 1.82) is 0 Å². The molecule has 0 amide bonds. The lowest BCUT2D eigenvalue weighted by atomic mass is 10.1. The minimum Gasteiger partial charge on any atom is -0.453 e. The van der Waals surface area contributed by atoms with Crippen molar-refractivity contribution in [3.05, 3.63) is 39.9 Å². The van der Waals surface area contributed by atoms with E-state index in [1.165, 1.54) is 18.0 Å². The highest BCUT2D eigenvalue weighted by Gasteiger charge is 2.21. The van der Waals surface area contributed by atoms with Gasteiger partial charge in [0, 0.05) is 23.0 Å². The van der Waals surface area contributed by atoms with E-state index in [-0.39, 0.29) is 29.1 Å². The highest BCUT2D eigenvalue weighted by Crippen LogP contribution is 2.21. The number of ether oxygens (including phenoxy) is 1. The van der Waals surface area contributed by atoms with Crippen molar-refractivity contribution in [1.82, 2.24) is 14.5 Å². The standard InChI is InChI=1S/C17H20ClN3O3S/c1-9(2)21-10(3)6-12(11(21)4)14(22)8-24-16(23)15-13(18)7-19-17(20-15)25-5/h6-7,9H,8H2,1-5H3. The van der Waals surface area contributed by atoms with E-state index in [1.807, 2.05) is 19.9 Å². The predicted molar refractivity (Wildman–Crippen MR) is 97.7 cm³/mol. The van der Waals surface area contributed by atoms with Crippen LogP contribution in [0.4, 0.5) is 0 Å². The van der Waals surface area contributed by atoms with Gasteiger partial charge in [-0.25, -0.2) is 14.8 Å². The second-order valence-electron chi connectivity index (χ2n) is 5.80. The van der Waals surface area contributed by atoms with Crippen molar-refractivity contribution >= 4 is 35.1 Å². The molecule has 2 heterocycles. The smallest absolute Gasteiger partial charge is 0.359 e. The lowest BCUT2D eigenvalue weighted by molar-refractivity contribution is 0.0468. The average molecular weight is 382 g/mol. The molecule has 25 heavy (non-hydrogen) atoms. The molecule has 2 rings (SSSR count). The fraction of sp³-hybridized carbons (Fsp3) is 0.412. The maximum absolute atomic E-state index is 12.4. The van der Waals surface area contributed by atoms with Crippen LogP contribution in [0.1, 0.15) is 52.1 Å². The molecule has 0 radical (unpaired) electrons. The van der Waals surface area contributed by atoms with E-state index in [2.05, 4.69) is 28.4 Å². The zero-order chi connectivity index (χ0) is 18.7. The van der Waals surface area contributed by atoms with Gasteiger partial charge >= 0.3 is 5.97 Å². The molecule has 0 fully saturated rings. The first-order valence-corrected chi connectivity index (χ1v) is 9.31. The van der Waals surface area contributed by atoms with Gasteiger partial charge in [0.25, 0.3) is 0 Å². The maximum Gasteiger partial charge on any atom is 0.359 e. The van der Waals surface area contributed by atoms with Gasteiger partial charge in [0.05, 0.1) is 11.2 Å². The number of halogens is 1. The Labute approximate surface area is 155 Å². The number of carbonyl (C=O) groups is 2. The number of rotatable bonds is 6. The van der Waals surface area contributed by atoms with Crippen LogP contribution in [0.25, 0.3) is 0 Å². The monoisotopic (exact) mass is 381 g/mol. The zero-order valence-electron chi connectivity index (χ0n) is 14.8. The van der Waals surface area contributed by atoms with Gasteiger partial charge in [-0.2, -0.15) is 0 Å². The van der Waals surface area contributed by atoms with Gasteiger partial charge in [-0.15, -0.1) is 0 Å². The first-order chi connectivity index (χ1) is 11.8. The normalized spacial score (nSPS) is 11.0. The van der Waals surface area contributed by atoms with Crippen LogP contribution in [0.2, 0.25) is 5.02 Å². The first-order valence-electron chi connectivity index (χ1n) is 7.71. The Morgan fingerprint density at radius 2 is 2.04 bits per heavy atom. The topological polar surface area (TPSA) is 74.1 Å². The molecule has 0 saturated heterocycles. The van der Waals surface area contributed by atoms with E-state index in [0.717, 1.165) is 11.4 Å². The van der Waals surface area contributed by atoms with Gasteiger partial charge in [-0.3, -0.25) is 4.79 Å². The number of thioether (sulfide) groups is 1. The van der Waals surface area contributed by atoms with E-state index in [0.29, 0.717) is 10.7 Å². The minimum atomic E-state index is -0.742. The van der Waals surface area contributed by atoms with Crippen molar-refractivity contribution in [2.75, 3.05) is 12.9 Å². The molecule has 0 saturated carbocycles. The van der Waals surface area contributed by atoms with E-state index in [4.69, 9.17) is 16.3 Å². The summed E-state index contributed by atoms with van der Waals surface area (Å²) in [5.74, 6) is -1.00. The molecule has 8 heteroatoms. The van der Waals surface area contributed by atoms with Gasteiger partial charge in [-0.05, 0) is 40.0 Å². The Kier molecular flexibility index (Phi) is 6.24. The minimum absolute atomic E-state index is 0.0403. The van der Waals surface area contributed by atoms with Gasteiger partial charge < -0.3 is 9.30 Å². The number of carbonyl (C=O) groups excluding carboxylic acids is 2. The molecule has 0 spiro atoms. The van der Waals surface area contributed by atoms with Crippen LogP contribution >= 0.6 is 23.4 Å². The van der Waals surface area contributed by atoms with E-state index < -0.39 is 5.97 Å². The fourth-order valence-corrected chi connectivity index (χ4v) is 3.23. The average Bonchev–Trinajstić information content (AvgIpc) is 2.87. The molecule has 134 valence electrons. The van der Waals surface area contributed by atoms with Gasteiger partial charge in [0.2, 0.25) is 5.78 Å². The molecule has 0 atom stereocenters. The molecule has 2 aromatic heterocycles. The number of aryl methyl sites for hydroxylation is 1. The summed E-state index contributed by atoms with van der Waals surface area (Å²) in [6.07, 6.45) is 3.13. The van der Waals surface area contributed by atoms with Crippen LogP contribution in [0.5, 0.6) is 0 Å². The number of hydrogen-bond acceptors (Lipinski definition) is 6. The summed E-state index contributed by atoms with van der Waals surface area (Å²) in [4.78, 5) is 32.6. The van der Waals surface area contributed by atoms with Crippen LogP contribution in [-0.2, 0) is 4.74 Å². The third-order valence-electron chi connectivity index (χ3n) is 3.73. The Morgan fingerprint density at radius 3 is 2.60 bits per heavy atom. The highest BCUT2D eigenvalue weighted by atomic mass is 35.5. The molecule has 0 aliphatic rings. The third-order valence-corrected chi connectivity index (χ3v) is 4.57. The lowest BCUT2D eigenvalue weighted by Gasteiger charge is -2.13. The van der Waals surface area contributed by atoms with Crippen molar-refractivity contribution < 1.29 is 14.3 Å². The number of nitrogens with zero attached hydrogens (tertiary/aromatic N) is 3. The molecule has 0 aliphatic carbocycles. The molecule has 2 aromatic rings. The lowest BCUT2D eigenvalue weighted by Crippen LogP contribution is -2.17. The van der Waals surface area contributed by atoms with E-state index in [1.54, 1.807) is 6.26 Å². The number of Topliss-reactive ketones (excluding diaryl/α,β-unsaturated/α-hetero) is 1. The Hall–Kier alpha value is -1.86.